The van der Waals surface area contributed by atoms with Gasteiger partial charge in [-0.2, -0.15) is 9.90 Å². The second-order valence-electron chi connectivity index (χ2n) is 9.50. The number of amides is 1. The van der Waals surface area contributed by atoms with Crippen LogP contribution in [0, 0.1) is 11.8 Å². The second-order valence-corrected chi connectivity index (χ2v) is 9.50. The van der Waals surface area contributed by atoms with Crippen molar-refractivity contribution in [2.75, 3.05) is 31.1 Å². The first-order chi connectivity index (χ1) is 14.9. The van der Waals surface area contributed by atoms with Crippen molar-refractivity contribution < 1.29 is 4.79 Å². The molecule has 0 aliphatic carbocycles. The van der Waals surface area contributed by atoms with Crippen LogP contribution < -0.4 is 4.90 Å². The van der Waals surface area contributed by atoms with Crippen LogP contribution in [0.4, 0.5) is 5.82 Å². The molecule has 8 heteroatoms. The van der Waals surface area contributed by atoms with Crippen molar-refractivity contribution in [2.24, 2.45) is 11.8 Å². The predicted octanol–water partition coefficient (Wildman–Crippen LogP) is 2.56. The molecule has 0 saturated carbocycles. The summed E-state index contributed by atoms with van der Waals surface area (Å²) in [5, 5.41) is 8.67. The molecule has 0 radical (unpaired) electrons. The molecule has 2 aromatic heterocycles. The molecule has 2 unspecified atom stereocenters. The molecule has 2 fully saturated rings. The fourth-order valence-corrected chi connectivity index (χ4v) is 4.48. The minimum Gasteiger partial charge on any atom is -0.356 e. The van der Waals surface area contributed by atoms with Crippen molar-refractivity contribution >= 4 is 11.7 Å². The molecule has 2 aliphatic rings. The molecule has 0 N–H and O–H groups in total. The predicted molar refractivity (Wildman–Crippen MR) is 117 cm³/mol. The first kappa shape index (κ1) is 19.7. The van der Waals surface area contributed by atoms with Crippen LogP contribution in [-0.2, 0) is 5.41 Å². The third kappa shape index (κ3) is 3.78. The minimum absolute atomic E-state index is 0.00626. The number of nitrogens with zero attached hydrogens (tertiary/aromatic N) is 7. The molecule has 5 rings (SSSR count). The Hall–Kier alpha value is -3.29. The lowest BCUT2D eigenvalue weighted by molar-refractivity contribution is 0.0776. The van der Waals surface area contributed by atoms with Gasteiger partial charge in [0.1, 0.15) is 12.1 Å². The number of rotatable bonds is 3. The molecule has 2 atom stereocenters. The van der Waals surface area contributed by atoms with Gasteiger partial charge in [0.2, 0.25) is 0 Å². The van der Waals surface area contributed by atoms with E-state index in [1.54, 1.807) is 12.5 Å². The Labute approximate surface area is 181 Å². The first-order valence-electron chi connectivity index (χ1n) is 10.7. The molecule has 3 aromatic rings. The number of aromatic nitrogens is 5. The summed E-state index contributed by atoms with van der Waals surface area (Å²) in [7, 11) is 0. The molecule has 31 heavy (non-hydrogen) atoms. The monoisotopic (exact) mass is 417 g/mol. The highest BCUT2D eigenvalue weighted by Crippen LogP contribution is 2.34. The van der Waals surface area contributed by atoms with Crippen LogP contribution in [0.25, 0.3) is 5.69 Å². The molecular weight excluding hydrogens is 390 g/mol. The third-order valence-corrected chi connectivity index (χ3v) is 6.22. The van der Waals surface area contributed by atoms with Crippen LogP contribution in [0.15, 0.2) is 48.9 Å². The number of carbonyl (C=O) groups excluding carboxylic acids is 1. The lowest BCUT2D eigenvalue weighted by Gasteiger charge is -2.24. The number of likely N-dealkylation sites (tertiary alicyclic amines) is 1. The molecular formula is C23H27N7O. The van der Waals surface area contributed by atoms with Gasteiger partial charge in [-0.1, -0.05) is 39.0 Å². The number of carbonyl (C=O) groups is 1. The van der Waals surface area contributed by atoms with E-state index in [1.807, 2.05) is 35.2 Å². The van der Waals surface area contributed by atoms with Crippen LogP contribution in [0.3, 0.4) is 0 Å². The maximum atomic E-state index is 13.0. The number of hydrogen-bond donors (Lipinski definition) is 0. The molecule has 1 aromatic carbocycles. The Balaban J connectivity index is 1.25. The highest BCUT2D eigenvalue weighted by atomic mass is 16.2. The Morgan fingerprint density at radius 2 is 1.71 bits per heavy atom. The van der Waals surface area contributed by atoms with Gasteiger partial charge >= 0.3 is 0 Å². The van der Waals surface area contributed by atoms with E-state index >= 15 is 0 Å². The Kier molecular flexibility index (Phi) is 4.72. The summed E-state index contributed by atoms with van der Waals surface area (Å²) in [5.74, 6) is 1.83. The van der Waals surface area contributed by atoms with Gasteiger partial charge < -0.3 is 9.80 Å². The lowest BCUT2D eigenvalue weighted by atomic mass is 9.92. The van der Waals surface area contributed by atoms with Crippen molar-refractivity contribution in [1.29, 1.82) is 0 Å². The fourth-order valence-electron chi connectivity index (χ4n) is 4.48. The first-order valence-corrected chi connectivity index (χ1v) is 10.7. The number of anilines is 1. The zero-order chi connectivity index (χ0) is 21.6. The maximum Gasteiger partial charge on any atom is 0.276 e. The standard InChI is InChI=1S/C23H27N7O/c1-23(2,3)20-9-21(25-15-24-20)28-11-16-13-29(14-17(16)12-28)22(31)19-10-26-30(27-19)18-7-5-4-6-8-18/h4-10,15-17H,11-14H2,1-3H3. The van der Waals surface area contributed by atoms with E-state index in [0.29, 0.717) is 17.5 Å². The van der Waals surface area contributed by atoms with Crippen molar-refractivity contribution in [3.63, 3.8) is 0 Å². The summed E-state index contributed by atoms with van der Waals surface area (Å²) in [6.45, 7) is 9.79. The largest absolute Gasteiger partial charge is 0.356 e. The van der Waals surface area contributed by atoms with E-state index in [2.05, 4.69) is 51.9 Å². The lowest BCUT2D eigenvalue weighted by Crippen LogP contribution is -2.34. The number of fused-ring (bicyclic) bond motifs is 1. The van der Waals surface area contributed by atoms with Gasteiger partial charge in [-0.15, -0.1) is 5.10 Å². The Bertz CT molecular complexity index is 1070. The summed E-state index contributed by atoms with van der Waals surface area (Å²) in [6.07, 6.45) is 3.22. The van der Waals surface area contributed by atoms with E-state index in [-0.39, 0.29) is 11.3 Å². The molecule has 8 nitrogen and oxygen atoms in total. The zero-order valence-electron chi connectivity index (χ0n) is 18.1. The zero-order valence-corrected chi connectivity index (χ0v) is 18.1. The topological polar surface area (TPSA) is 80.0 Å². The van der Waals surface area contributed by atoms with Gasteiger partial charge in [0, 0.05) is 49.5 Å². The van der Waals surface area contributed by atoms with Crippen molar-refractivity contribution in [1.82, 2.24) is 29.9 Å². The number of hydrogen-bond acceptors (Lipinski definition) is 6. The Morgan fingerprint density at radius 1 is 1.00 bits per heavy atom. The van der Waals surface area contributed by atoms with Gasteiger partial charge in [-0.3, -0.25) is 4.79 Å². The normalized spacial score (nSPS) is 20.9. The van der Waals surface area contributed by atoms with Crippen molar-refractivity contribution in [3.05, 3.63) is 60.3 Å². The third-order valence-electron chi connectivity index (χ3n) is 6.22. The molecule has 0 bridgehead atoms. The average Bonchev–Trinajstić information content (AvgIpc) is 3.48. The molecule has 2 aliphatic heterocycles. The molecule has 4 heterocycles. The van der Waals surface area contributed by atoms with E-state index in [9.17, 15) is 4.79 Å². The van der Waals surface area contributed by atoms with Crippen molar-refractivity contribution in [3.8, 4) is 5.69 Å². The molecule has 0 spiro atoms. The number of benzene rings is 1. The molecule has 160 valence electrons. The SMILES string of the molecule is CC(C)(C)c1cc(N2CC3CN(C(=O)c4cnn(-c5ccccc5)n4)CC3C2)ncn1. The van der Waals surface area contributed by atoms with Gasteiger partial charge in [-0.05, 0) is 12.1 Å². The summed E-state index contributed by atoms with van der Waals surface area (Å²) in [5.41, 5.74) is 2.28. The molecule has 1 amide bonds. The van der Waals surface area contributed by atoms with E-state index < -0.39 is 0 Å². The summed E-state index contributed by atoms with van der Waals surface area (Å²) >= 11 is 0. The highest BCUT2D eigenvalue weighted by Gasteiger charge is 2.42. The fraction of sp³-hybridized carbons (Fsp3) is 0.435. The van der Waals surface area contributed by atoms with Crippen LogP contribution in [-0.4, -0.2) is 61.9 Å². The summed E-state index contributed by atoms with van der Waals surface area (Å²) in [4.78, 5) is 27.7. The van der Waals surface area contributed by atoms with Crippen LogP contribution >= 0.6 is 0 Å². The number of para-hydroxylation sites is 1. The molecule has 2 saturated heterocycles. The van der Waals surface area contributed by atoms with E-state index in [0.717, 1.165) is 43.4 Å². The summed E-state index contributed by atoms with van der Waals surface area (Å²) in [6, 6.07) is 11.7. The van der Waals surface area contributed by atoms with E-state index in [1.165, 1.54) is 4.80 Å². The van der Waals surface area contributed by atoms with Gasteiger partial charge in [0.15, 0.2) is 5.69 Å². The van der Waals surface area contributed by atoms with Crippen molar-refractivity contribution in [2.45, 2.75) is 26.2 Å². The quantitative estimate of drug-likeness (QED) is 0.652. The van der Waals surface area contributed by atoms with Crippen LogP contribution in [0.5, 0.6) is 0 Å². The highest BCUT2D eigenvalue weighted by molar-refractivity contribution is 5.92. The average molecular weight is 418 g/mol. The maximum absolute atomic E-state index is 13.0. The van der Waals surface area contributed by atoms with E-state index in [4.69, 9.17) is 0 Å². The summed E-state index contributed by atoms with van der Waals surface area (Å²) < 4.78 is 0. The smallest absolute Gasteiger partial charge is 0.276 e. The van der Waals surface area contributed by atoms with Crippen LogP contribution in [0.1, 0.15) is 37.0 Å². The van der Waals surface area contributed by atoms with Gasteiger partial charge in [0.25, 0.3) is 5.91 Å². The Morgan fingerprint density at radius 3 is 2.39 bits per heavy atom. The minimum atomic E-state index is -0.0415. The second kappa shape index (κ2) is 7.44. The van der Waals surface area contributed by atoms with Crippen LogP contribution in [0.2, 0.25) is 0 Å². The van der Waals surface area contributed by atoms with Gasteiger partial charge in [-0.25, -0.2) is 9.97 Å². The van der Waals surface area contributed by atoms with Gasteiger partial charge in [0.05, 0.1) is 17.6 Å².